The Kier molecular flexibility index (Phi) is 3.42. The Hall–Kier alpha value is -2.16. The van der Waals surface area contributed by atoms with Crippen LogP contribution in [0.4, 0.5) is 0 Å². The lowest BCUT2D eigenvalue weighted by Gasteiger charge is -2.04. The highest BCUT2D eigenvalue weighted by atomic mass is 16.1. The van der Waals surface area contributed by atoms with E-state index in [0.29, 0.717) is 5.56 Å². The highest BCUT2D eigenvalue weighted by Crippen LogP contribution is 2.11. The normalized spacial score (nSPS) is 11.6. The molecule has 0 unspecified atom stereocenters. The third-order valence-electron chi connectivity index (χ3n) is 2.74. The number of aromatic nitrogens is 2. The largest absolute Gasteiger partial charge is 0.289 e. The first-order valence-corrected chi connectivity index (χ1v) is 5.89. The molecule has 1 aromatic heterocycles. The Labute approximate surface area is 107 Å². The summed E-state index contributed by atoms with van der Waals surface area (Å²) in [6, 6.07) is 11.2. The molecular formula is C15H16N2O. The van der Waals surface area contributed by atoms with Gasteiger partial charge in [-0.25, -0.2) is 4.68 Å². The van der Waals surface area contributed by atoms with Gasteiger partial charge in [-0.3, -0.25) is 4.79 Å². The van der Waals surface area contributed by atoms with Crippen molar-refractivity contribution in [3.8, 4) is 0 Å². The quantitative estimate of drug-likeness (QED) is 0.609. The van der Waals surface area contributed by atoms with Gasteiger partial charge in [-0.15, -0.1) is 0 Å². The summed E-state index contributed by atoms with van der Waals surface area (Å²) in [5.41, 5.74) is 3.50. The number of hydrogen-bond acceptors (Lipinski definition) is 2. The monoisotopic (exact) mass is 240 g/mol. The molecule has 0 saturated carbocycles. The second kappa shape index (κ2) is 5.00. The second-order valence-electron chi connectivity index (χ2n) is 4.35. The van der Waals surface area contributed by atoms with Crippen molar-refractivity contribution in [2.45, 2.75) is 20.8 Å². The lowest BCUT2D eigenvalue weighted by Crippen LogP contribution is -2.02. The molecule has 0 amide bonds. The zero-order valence-corrected chi connectivity index (χ0v) is 10.8. The predicted molar refractivity (Wildman–Crippen MR) is 72.4 cm³/mol. The van der Waals surface area contributed by atoms with Crippen LogP contribution in [0.25, 0.3) is 5.70 Å². The number of allylic oxidation sites excluding steroid dienone is 2. The molecule has 3 heteroatoms. The molecule has 1 heterocycles. The minimum Gasteiger partial charge on any atom is -0.289 e. The van der Waals surface area contributed by atoms with Crippen LogP contribution in [0, 0.1) is 13.8 Å². The van der Waals surface area contributed by atoms with Crippen molar-refractivity contribution in [3.05, 3.63) is 59.4 Å². The highest BCUT2D eigenvalue weighted by Gasteiger charge is 2.06. The molecule has 0 aliphatic rings. The average Bonchev–Trinajstić information content (AvgIpc) is 2.69. The second-order valence-corrected chi connectivity index (χ2v) is 4.35. The van der Waals surface area contributed by atoms with Gasteiger partial charge >= 0.3 is 0 Å². The standard InChI is InChI=1S/C15H16N2O/c1-11-9-12(2)17(16-11)13(3)10-15(18)14-7-5-4-6-8-14/h4-10H,1-3H3/b13-10+. The fraction of sp³-hybridized carbons (Fsp3) is 0.200. The molecule has 2 rings (SSSR count). The minimum atomic E-state index is 0.000605. The van der Waals surface area contributed by atoms with Crippen LogP contribution in [0.2, 0.25) is 0 Å². The van der Waals surface area contributed by atoms with E-state index in [-0.39, 0.29) is 5.78 Å². The highest BCUT2D eigenvalue weighted by molar-refractivity contribution is 6.07. The Morgan fingerprint density at radius 2 is 1.89 bits per heavy atom. The minimum absolute atomic E-state index is 0.000605. The fourth-order valence-corrected chi connectivity index (χ4v) is 1.92. The lowest BCUT2D eigenvalue weighted by molar-refractivity contribution is 0.104. The summed E-state index contributed by atoms with van der Waals surface area (Å²) in [6.07, 6.45) is 1.62. The number of carbonyl (C=O) groups excluding carboxylic acids is 1. The number of nitrogens with zero attached hydrogens (tertiary/aromatic N) is 2. The third kappa shape index (κ3) is 2.56. The van der Waals surface area contributed by atoms with Crippen LogP contribution in [0.3, 0.4) is 0 Å². The maximum Gasteiger partial charge on any atom is 0.187 e. The van der Waals surface area contributed by atoms with Gasteiger partial charge in [0, 0.05) is 23.0 Å². The SMILES string of the molecule is C/C(=C\C(=O)c1ccccc1)n1nc(C)cc1C. The van der Waals surface area contributed by atoms with Crippen LogP contribution in [-0.2, 0) is 0 Å². The summed E-state index contributed by atoms with van der Waals surface area (Å²) in [5.74, 6) is 0.000605. The fourth-order valence-electron chi connectivity index (χ4n) is 1.92. The Bertz CT molecular complexity index is 594. The lowest BCUT2D eigenvalue weighted by atomic mass is 10.1. The topological polar surface area (TPSA) is 34.9 Å². The molecule has 18 heavy (non-hydrogen) atoms. The number of carbonyl (C=O) groups is 1. The maximum absolute atomic E-state index is 12.0. The van der Waals surface area contributed by atoms with E-state index in [0.717, 1.165) is 17.1 Å². The van der Waals surface area contributed by atoms with Gasteiger partial charge in [0.2, 0.25) is 0 Å². The molecule has 0 spiro atoms. The number of aryl methyl sites for hydroxylation is 2. The van der Waals surface area contributed by atoms with Gasteiger partial charge in [-0.1, -0.05) is 30.3 Å². The van der Waals surface area contributed by atoms with Crippen molar-refractivity contribution in [1.29, 1.82) is 0 Å². The Morgan fingerprint density at radius 3 is 2.44 bits per heavy atom. The van der Waals surface area contributed by atoms with E-state index in [2.05, 4.69) is 5.10 Å². The van der Waals surface area contributed by atoms with Crippen molar-refractivity contribution in [2.24, 2.45) is 0 Å². The number of rotatable bonds is 3. The van der Waals surface area contributed by atoms with E-state index >= 15 is 0 Å². The van der Waals surface area contributed by atoms with Crippen molar-refractivity contribution >= 4 is 11.5 Å². The summed E-state index contributed by atoms with van der Waals surface area (Å²) in [6.45, 7) is 5.81. The molecule has 0 radical (unpaired) electrons. The van der Waals surface area contributed by atoms with E-state index < -0.39 is 0 Å². The van der Waals surface area contributed by atoms with Crippen LogP contribution in [0.1, 0.15) is 28.7 Å². The molecule has 3 nitrogen and oxygen atoms in total. The zero-order chi connectivity index (χ0) is 13.1. The van der Waals surface area contributed by atoms with Gasteiger partial charge < -0.3 is 0 Å². The van der Waals surface area contributed by atoms with Crippen molar-refractivity contribution < 1.29 is 4.79 Å². The molecule has 0 fully saturated rings. The van der Waals surface area contributed by atoms with Gasteiger partial charge in [-0.2, -0.15) is 5.10 Å². The summed E-state index contributed by atoms with van der Waals surface area (Å²) in [7, 11) is 0. The first kappa shape index (κ1) is 12.3. The third-order valence-corrected chi connectivity index (χ3v) is 2.74. The first-order chi connectivity index (χ1) is 8.58. The maximum atomic E-state index is 12.0. The van der Waals surface area contributed by atoms with Gasteiger partial charge in [0.25, 0.3) is 0 Å². The Balaban J connectivity index is 2.29. The summed E-state index contributed by atoms with van der Waals surface area (Å²) in [5, 5.41) is 4.35. The van der Waals surface area contributed by atoms with E-state index in [9.17, 15) is 4.79 Å². The average molecular weight is 240 g/mol. The molecule has 0 aliphatic heterocycles. The molecular weight excluding hydrogens is 224 g/mol. The van der Waals surface area contributed by atoms with E-state index in [1.807, 2.05) is 57.2 Å². The van der Waals surface area contributed by atoms with Crippen LogP contribution < -0.4 is 0 Å². The van der Waals surface area contributed by atoms with Gasteiger partial charge in [-0.05, 0) is 26.8 Å². The summed E-state index contributed by atoms with van der Waals surface area (Å²) >= 11 is 0. The molecule has 0 saturated heterocycles. The van der Waals surface area contributed by atoms with Crippen molar-refractivity contribution in [2.75, 3.05) is 0 Å². The Morgan fingerprint density at radius 1 is 1.22 bits per heavy atom. The molecule has 1 aromatic carbocycles. The van der Waals surface area contributed by atoms with E-state index in [1.54, 1.807) is 10.8 Å². The molecule has 0 bridgehead atoms. The van der Waals surface area contributed by atoms with Gasteiger partial charge in [0.1, 0.15) is 0 Å². The van der Waals surface area contributed by atoms with Crippen LogP contribution in [-0.4, -0.2) is 15.6 Å². The zero-order valence-electron chi connectivity index (χ0n) is 10.8. The smallest absolute Gasteiger partial charge is 0.187 e. The van der Waals surface area contributed by atoms with E-state index in [4.69, 9.17) is 0 Å². The number of ketones is 1. The van der Waals surface area contributed by atoms with Crippen LogP contribution in [0.15, 0.2) is 42.5 Å². The van der Waals surface area contributed by atoms with Crippen molar-refractivity contribution in [1.82, 2.24) is 9.78 Å². The van der Waals surface area contributed by atoms with Crippen LogP contribution in [0.5, 0.6) is 0 Å². The van der Waals surface area contributed by atoms with Crippen molar-refractivity contribution in [3.63, 3.8) is 0 Å². The predicted octanol–water partition coefficient (Wildman–Crippen LogP) is 3.24. The molecule has 92 valence electrons. The molecule has 0 aliphatic carbocycles. The van der Waals surface area contributed by atoms with Gasteiger partial charge in [0.15, 0.2) is 5.78 Å². The molecule has 0 N–H and O–H groups in total. The first-order valence-electron chi connectivity index (χ1n) is 5.89. The van der Waals surface area contributed by atoms with Crippen LogP contribution >= 0.6 is 0 Å². The summed E-state index contributed by atoms with van der Waals surface area (Å²) in [4.78, 5) is 12.0. The summed E-state index contributed by atoms with van der Waals surface area (Å²) < 4.78 is 1.79. The van der Waals surface area contributed by atoms with Gasteiger partial charge in [0.05, 0.1) is 5.69 Å². The molecule has 2 aromatic rings. The number of benzene rings is 1. The number of hydrogen-bond donors (Lipinski definition) is 0. The van der Waals surface area contributed by atoms with E-state index in [1.165, 1.54) is 0 Å². The molecule has 0 atom stereocenters.